The van der Waals surface area contributed by atoms with E-state index < -0.39 is 11.6 Å². The van der Waals surface area contributed by atoms with Crippen LogP contribution in [0.5, 0.6) is 0 Å². The molecule has 2 rings (SSSR count). The van der Waals surface area contributed by atoms with Crippen LogP contribution in [0.25, 0.3) is 0 Å². The average Bonchev–Trinajstić information content (AvgIpc) is 2.81. The molecule has 0 amide bonds. The molecule has 0 aliphatic carbocycles. The van der Waals surface area contributed by atoms with Gasteiger partial charge in [-0.3, -0.25) is 0 Å². The van der Waals surface area contributed by atoms with Gasteiger partial charge in [-0.1, -0.05) is 18.7 Å². The molecule has 1 aromatic carbocycles. The highest BCUT2D eigenvalue weighted by Gasteiger charge is 2.14. The van der Waals surface area contributed by atoms with E-state index in [-0.39, 0.29) is 11.4 Å². The second kappa shape index (κ2) is 5.73. The number of benzene rings is 1. The van der Waals surface area contributed by atoms with E-state index in [4.69, 9.17) is 5.73 Å². The third-order valence-electron chi connectivity index (χ3n) is 2.25. The van der Waals surface area contributed by atoms with Gasteiger partial charge in [-0.15, -0.1) is 0 Å². The van der Waals surface area contributed by atoms with E-state index >= 15 is 0 Å². The topological polar surface area (TPSA) is 51.8 Å². The molecule has 7 heteroatoms. The van der Waals surface area contributed by atoms with E-state index in [1.807, 2.05) is 6.92 Å². The fraction of sp³-hybridized carbons (Fsp3) is 0.273. The van der Waals surface area contributed by atoms with Crippen LogP contribution in [-0.2, 0) is 13.0 Å². The molecular weight excluding hydrogens is 276 g/mol. The Bertz CT molecular complexity index is 534. The van der Waals surface area contributed by atoms with Gasteiger partial charge in [-0.2, -0.15) is 4.37 Å². The first-order chi connectivity index (χ1) is 8.63. The highest BCUT2D eigenvalue weighted by atomic mass is 32.2. The van der Waals surface area contributed by atoms with Crippen molar-refractivity contribution in [3.63, 3.8) is 0 Å². The second-order valence-electron chi connectivity index (χ2n) is 3.52. The van der Waals surface area contributed by atoms with Crippen LogP contribution >= 0.6 is 23.3 Å². The quantitative estimate of drug-likeness (QED) is 0.939. The van der Waals surface area contributed by atoms with Gasteiger partial charge in [0.1, 0.15) is 17.5 Å². The number of hydrogen-bond acceptors (Lipinski definition) is 5. The number of nitrogens with two attached hydrogens (primary N) is 1. The van der Waals surface area contributed by atoms with E-state index in [1.165, 1.54) is 12.1 Å². The minimum absolute atomic E-state index is 0.0639. The van der Waals surface area contributed by atoms with Crippen LogP contribution in [0.15, 0.2) is 21.4 Å². The zero-order chi connectivity index (χ0) is 13.1. The molecule has 0 aliphatic rings. The summed E-state index contributed by atoms with van der Waals surface area (Å²) in [5, 5.41) is 0. The fourth-order valence-electron chi connectivity index (χ4n) is 1.34. The Balaban J connectivity index is 2.28. The zero-order valence-corrected chi connectivity index (χ0v) is 11.2. The third-order valence-corrected chi connectivity index (χ3v) is 4.13. The number of hydrogen-bond donors (Lipinski definition) is 1. The predicted octanol–water partition coefficient (Wildman–Crippen LogP) is 2.99. The van der Waals surface area contributed by atoms with Crippen LogP contribution in [0, 0.1) is 11.6 Å². The highest BCUT2D eigenvalue weighted by Crippen LogP contribution is 2.33. The first-order valence-corrected chi connectivity index (χ1v) is 6.91. The molecule has 0 fully saturated rings. The summed E-state index contributed by atoms with van der Waals surface area (Å²) in [6.45, 7) is 2.03. The van der Waals surface area contributed by atoms with Gasteiger partial charge in [0.25, 0.3) is 0 Å². The Hall–Kier alpha value is -1.05. The predicted molar refractivity (Wildman–Crippen MR) is 67.7 cm³/mol. The van der Waals surface area contributed by atoms with Gasteiger partial charge >= 0.3 is 0 Å². The van der Waals surface area contributed by atoms with Crippen molar-refractivity contribution in [1.82, 2.24) is 9.36 Å². The minimum atomic E-state index is -0.617. The summed E-state index contributed by atoms with van der Waals surface area (Å²) < 4.78 is 32.0. The maximum atomic E-state index is 13.7. The van der Waals surface area contributed by atoms with Crippen molar-refractivity contribution in [2.75, 3.05) is 0 Å². The molecule has 0 aliphatic heterocycles. The molecule has 2 aromatic rings. The van der Waals surface area contributed by atoms with Gasteiger partial charge in [0.2, 0.25) is 0 Å². The molecule has 0 atom stereocenters. The monoisotopic (exact) mass is 287 g/mol. The lowest BCUT2D eigenvalue weighted by Gasteiger charge is -2.04. The lowest BCUT2D eigenvalue weighted by atomic mass is 10.2. The Kier molecular flexibility index (Phi) is 4.26. The summed E-state index contributed by atoms with van der Waals surface area (Å²) in [5.41, 5.74) is 5.78. The van der Waals surface area contributed by atoms with Gasteiger partial charge in [-0.05, 0) is 29.2 Å². The Morgan fingerprint density at radius 3 is 2.50 bits per heavy atom. The molecule has 96 valence electrons. The molecule has 0 saturated heterocycles. The van der Waals surface area contributed by atoms with Crippen molar-refractivity contribution in [2.45, 2.75) is 29.1 Å². The van der Waals surface area contributed by atoms with Gasteiger partial charge in [-0.25, -0.2) is 13.8 Å². The summed E-state index contributed by atoms with van der Waals surface area (Å²) in [6.07, 6.45) is 0.703. The number of halogens is 2. The fourth-order valence-corrected chi connectivity index (χ4v) is 2.99. The molecular formula is C11H11F2N3S2. The average molecular weight is 287 g/mol. The number of aryl methyl sites for hydroxylation is 1. The summed E-state index contributed by atoms with van der Waals surface area (Å²) in [4.78, 5) is 4.10. The van der Waals surface area contributed by atoms with Crippen molar-refractivity contribution in [2.24, 2.45) is 5.73 Å². The van der Waals surface area contributed by atoms with E-state index in [2.05, 4.69) is 9.36 Å². The summed E-state index contributed by atoms with van der Waals surface area (Å²) in [6, 6.07) is 2.49. The molecule has 3 nitrogen and oxygen atoms in total. The molecule has 18 heavy (non-hydrogen) atoms. The summed E-state index contributed by atoms with van der Waals surface area (Å²) >= 11 is 2.09. The van der Waals surface area contributed by atoms with Crippen LogP contribution in [0.3, 0.4) is 0 Å². The molecule has 0 saturated carbocycles. The smallest absolute Gasteiger partial charge is 0.175 e. The largest absolute Gasteiger partial charge is 0.326 e. The first-order valence-electron chi connectivity index (χ1n) is 5.32. The molecule has 2 N–H and O–H groups in total. The van der Waals surface area contributed by atoms with Crippen molar-refractivity contribution < 1.29 is 8.78 Å². The number of aromatic nitrogens is 2. The maximum Gasteiger partial charge on any atom is 0.175 e. The molecule has 0 bridgehead atoms. The third kappa shape index (κ3) is 2.85. The Morgan fingerprint density at radius 1 is 1.33 bits per heavy atom. The van der Waals surface area contributed by atoms with E-state index in [0.29, 0.717) is 22.1 Å². The van der Waals surface area contributed by atoms with Gasteiger partial charge in [0.05, 0.1) is 4.90 Å². The zero-order valence-electron chi connectivity index (χ0n) is 9.61. The van der Waals surface area contributed by atoms with E-state index in [0.717, 1.165) is 23.3 Å². The lowest BCUT2D eigenvalue weighted by Crippen LogP contribution is -1.99. The maximum absolute atomic E-state index is 13.7. The van der Waals surface area contributed by atoms with Crippen molar-refractivity contribution in [3.8, 4) is 0 Å². The van der Waals surface area contributed by atoms with Crippen molar-refractivity contribution in [1.29, 1.82) is 0 Å². The summed E-state index contributed by atoms with van der Waals surface area (Å²) in [7, 11) is 0. The molecule has 1 heterocycles. The van der Waals surface area contributed by atoms with E-state index in [9.17, 15) is 8.78 Å². The van der Waals surface area contributed by atoms with Gasteiger partial charge < -0.3 is 5.73 Å². The molecule has 0 radical (unpaired) electrons. The van der Waals surface area contributed by atoms with E-state index in [1.54, 1.807) is 0 Å². The van der Waals surface area contributed by atoms with Crippen molar-refractivity contribution >= 4 is 23.3 Å². The second-order valence-corrected chi connectivity index (χ2v) is 5.53. The van der Waals surface area contributed by atoms with Crippen LogP contribution in [0.2, 0.25) is 0 Å². The Morgan fingerprint density at radius 2 is 2.00 bits per heavy atom. The van der Waals surface area contributed by atoms with Crippen LogP contribution < -0.4 is 5.73 Å². The molecule has 0 unspecified atom stereocenters. The van der Waals surface area contributed by atoms with Gasteiger partial charge in [0, 0.05) is 13.0 Å². The Labute approximate surface area is 112 Å². The van der Waals surface area contributed by atoms with Crippen molar-refractivity contribution in [3.05, 3.63) is 35.2 Å². The first kappa shape index (κ1) is 13.4. The number of rotatable bonds is 4. The number of nitrogens with zero attached hydrogens (tertiary/aromatic N) is 2. The van der Waals surface area contributed by atoms with Gasteiger partial charge in [0.15, 0.2) is 4.34 Å². The SMILES string of the molecule is CCc1nsc(Sc2c(F)cc(CN)cc2F)n1. The summed E-state index contributed by atoms with van der Waals surface area (Å²) in [5.74, 6) is -0.552. The normalized spacial score (nSPS) is 10.9. The molecule has 1 aromatic heterocycles. The lowest BCUT2D eigenvalue weighted by molar-refractivity contribution is 0.537. The standard InChI is InChI=1S/C11H11F2N3S2/c1-2-9-15-11(18-16-9)17-10-7(12)3-6(5-14)4-8(10)13/h3-4H,2,5,14H2,1H3. The van der Waals surface area contributed by atoms with Crippen LogP contribution in [0.4, 0.5) is 8.78 Å². The minimum Gasteiger partial charge on any atom is -0.326 e. The van der Waals surface area contributed by atoms with Crippen LogP contribution in [0.1, 0.15) is 18.3 Å². The molecule has 0 spiro atoms. The highest BCUT2D eigenvalue weighted by molar-refractivity contribution is 8.01. The van der Waals surface area contributed by atoms with Crippen LogP contribution in [-0.4, -0.2) is 9.36 Å².